The Kier molecular flexibility index (Phi) is 2.58. The summed E-state index contributed by atoms with van der Waals surface area (Å²) in [7, 11) is 0. The lowest BCUT2D eigenvalue weighted by Gasteiger charge is -2.13. The molecule has 1 saturated carbocycles. The van der Waals surface area contributed by atoms with Gasteiger partial charge in [0.15, 0.2) is 0 Å². The summed E-state index contributed by atoms with van der Waals surface area (Å²) in [4.78, 5) is 0. The molecule has 13 heavy (non-hydrogen) atoms. The highest BCUT2D eigenvalue weighted by Gasteiger charge is 2.27. The molecule has 1 aliphatic rings. The van der Waals surface area contributed by atoms with Crippen LogP contribution in [0, 0.1) is 5.92 Å². The van der Waals surface area contributed by atoms with Crippen LogP contribution in [-0.2, 0) is 0 Å². The molecule has 2 heteroatoms. The number of nitrogens with one attached hydrogen (secondary N) is 1. The molecule has 2 rings (SSSR count). The highest BCUT2D eigenvalue weighted by Crippen LogP contribution is 2.33. The van der Waals surface area contributed by atoms with Crippen molar-refractivity contribution in [2.45, 2.75) is 25.8 Å². The second kappa shape index (κ2) is 3.70. The second-order valence-electron chi connectivity index (χ2n) is 3.78. The van der Waals surface area contributed by atoms with Gasteiger partial charge in [-0.05, 0) is 49.9 Å². The van der Waals surface area contributed by atoms with Gasteiger partial charge in [-0.2, -0.15) is 0 Å². The lowest BCUT2D eigenvalue weighted by Crippen LogP contribution is -2.16. The number of hydrogen-bond donors (Lipinski definition) is 1. The van der Waals surface area contributed by atoms with Crippen molar-refractivity contribution in [1.29, 1.82) is 0 Å². The van der Waals surface area contributed by atoms with E-state index in [1.807, 2.05) is 0 Å². The van der Waals surface area contributed by atoms with E-state index < -0.39 is 0 Å². The first-order valence-electron chi connectivity index (χ1n) is 4.78. The predicted octanol–water partition coefficient (Wildman–Crippen LogP) is 3.66. The molecule has 0 heterocycles. The molecule has 1 aromatic carbocycles. The van der Waals surface area contributed by atoms with Gasteiger partial charge in [0.1, 0.15) is 0 Å². The lowest BCUT2D eigenvalue weighted by atomic mass is 10.2. The Morgan fingerprint density at radius 3 is 2.46 bits per heavy atom. The van der Waals surface area contributed by atoms with Crippen molar-refractivity contribution in [3.05, 3.63) is 28.7 Å². The van der Waals surface area contributed by atoms with Crippen LogP contribution in [0.3, 0.4) is 0 Å². The van der Waals surface area contributed by atoms with Gasteiger partial charge < -0.3 is 5.32 Å². The molecule has 0 amide bonds. The predicted molar refractivity (Wildman–Crippen MR) is 60.0 cm³/mol. The summed E-state index contributed by atoms with van der Waals surface area (Å²) in [5.41, 5.74) is 1.22. The average Bonchev–Trinajstić information content (AvgIpc) is 2.91. The minimum atomic E-state index is 0.626. The number of halogens is 1. The Labute approximate surface area is 87.7 Å². The van der Waals surface area contributed by atoms with Crippen molar-refractivity contribution in [2.75, 3.05) is 5.32 Å². The van der Waals surface area contributed by atoms with Gasteiger partial charge in [-0.3, -0.25) is 0 Å². The maximum atomic E-state index is 3.51. The van der Waals surface area contributed by atoms with Crippen molar-refractivity contribution in [2.24, 2.45) is 5.92 Å². The fourth-order valence-corrected chi connectivity index (χ4v) is 1.79. The molecule has 0 radical (unpaired) electrons. The van der Waals surface area contributed by atoms with Crippen LogP contribution in [0.15, 0.2) is 28.7 Å². The first kappa shape index (κ1) is 9.07. The molecule has 1 aliphatic carbocycles. The van der Waals surface area contributed by atoms with E-state index in [-0.39, 0.29) is 0 Å². The third kappa shape index (κ3) is 2.47. The highest BCUT2D eigenvalue weighted by molar-refractivity contribution is 9.10. The van der Waals surface area contributed by atoms with Crippen molar-refractivity contribution >= 4 is 21.6 Å². The van der Waals surface area contributed by atoms with Gasteiger partial charge in [-0.1, -0.05) is 15.9 Å². The van der Waals surface area contributed by atoms with Gasteiger partial charge in [0.25, 0.3) is 0 Å². The summed E-state index contributed by atoms with van der Waals surface area (Å²) in [6.45, 7) is 2.26. The van der Waals surface area contributed by atoms with Crippen molar-refractivity contribution < 1.29 is 0 Å². The zero-order chi connectivity index (χ0) is 9.26. The van der Waals surface area contributed by atoms with Gasteiger partial charge in [-0.15, -0.1) is 0 Å². The van der Waals surface area contributed by atoms with Crippen LogP contribution in [0.5, 0.6) is 0 Å². The zero-order valence-electron chi connectivity index (χ0n) is 7.76. The van der Waals surface area contributed by atoms with Gasteiger partial charge in [0.2, 0.25) is 0 Å². The second-order valence-corrected chi connectivity index (χ2v) is 4.69. The molecular formula is C11H14BrN. The molecule has 1 unspecified atom stereocenters. The summed E-state index contributed by atoms with van der Waals surface area (Å²) in [6.07, 6.45) is 2.79. The quantitative estimate of drug-likeness (QED) is 0.850. The molecule has 1 N–H and O–H groups in total. The van der Waals surface area contributed by atoms with Crippen LogP contribution in [0.25, 0.3) is 0 Å². The summed E-state index contributed by atoms with van der Waals surface area (Å²) < 4.78 is 1.14. The molecule has 0 bridgehead atoms. The number of benzene rings is 1. The van der Waals surface area contributed by atoms with Gasteiger partial charge in [-0.25, -0.2) is 0 Å². The SMILES string of the molecule is CC(Nc1ccc(Br)cc1)C1CC1. The number of hydrogen-bond acceptors (Lipinski definition) is 1. The molecule has 0 saturated heterocycles. The van der Waals surface area contributed by atoms with Gasteiger partial charge in [0, 0.05) is 16.2 Å². The van der Waals surface area contributed by atoms with E-state index in [0.29, 0.717) is 6.04 Å². The first-order chi connectivity index (χ1) is 6.25. The fraction of sp³-hybridized carbons (Fsp3) is 0.455. The maximum absolute atomic E-state index is 3.51. The summed E-state index contributed by atoms with van der Waals surface area (Å²) in [6, 6.07) is 9.00. The summed E-state index contributed by atoms with van der Waals surface area (Å²) >= 11 is 3.43. The Morgan fingerprint density at radius 1 is 1.31 bits per heavy atom. The molecule has 0 aliphatic heterocycles. The summed E-state index contributed by atoms with van der Waals surface area (Å²) in [5, 5.41) is 3.51. The molecule has 1 nitrogen and oxygen atoms in total. The Hall–Kier alpha value is -0.500. The van der Waals surface area contributed by atoms with Gasteiger partial charge in [0.05, 0.1) is 0 Å². The monoisotopic (exact) mass is 239 g/mol. The van der Waals surface area contributed by atoms with Crippen LogP contribution in [0.4, 0.5) is 5.69 Å². The van der Waals surface area contributed by atoms with Crippen LogP contribution < -0.4 is 5.32 Å². The first-order valence-corrected chi connectivity index (χ1v) is 5.57. The Balaban J connectivity index is 1.96. The smallest absolute Gasteiger partial charge is 0.0343 e. The van der Waals surface area contributed by atoms with E-state index in [1.165, 1.54) is 18.5 Å². The molecule has 0 spiro atoms. The lowest BCUT2D eigenvalue weighted by molar-refractivity contribution is 0.694. The Bertz CT molecular complexity index is 277. The average molecular weight is 240 g/mol. The topological polar surface area (TPSA) is 12.0 Å². The van der Waals surface area contributed by atoms with E-state index >= 15 is 0 Å². The number of anilines is 1. The van der Waals surface area contributed by atoms with Crippen molar-refractivity contribution in [3.63, 3.8) is 0 Å². The minimum absolute atomic E-state index is 0.626. The molecule has 1 fully saturated rings. The largest absolute Gasteiger partial charge is 0.382 e. The Morgan fingerprint density at radius 2 is 1.92 bits per heavy atom. The van der Waals surface area contributed by atoms with Crippen LogP contribution in [0.1, 0.15) is 19.8 Å². The molecule has 1 aromatic rings. The van der Waals surface area contributed by atoms with E-state index in [4.69, 9.17) is 0 Å². The third-order valence-electron chi connectivity index (χ3n) is 2.57. The normalized spacial score (nSPS) is 18.3. The highest BCUT2D eigenvalue weighted by atomic mass is 79.9. The van der Waals surface area contributed by atoms with Crippen molar-refractivity contribution in [1.82, 2.24) is 0 Å². The van der Waals surface area contributed by atoms with E-state index in [1.54, 1.807) is 0 Å². The minimum Gasteiger partial charge on any atom is -0.382 e. The van der Waals surface area contributed by atoms with Crippen LogP contribution in [0.2, 0.25) is 0 Å². The molecule has 0 aromatic heterocycles. The van der Waals surface area contributed by atoms with E-state index in [0.717, 1.165) is 10.4 Å². The van der Waals surface area contributed by atoms with Crippen LogP contribution >= 0.6 is 15.9 Å². The zero-order valence-corrected chi connectivity index (χ0v) is 9.34. The molecular weight excluding hydrogens is 226 g/mol. The van der Waals surface area contributed by atoms with Gasteiger partial charge >= 0.3 is 0 Å². The maximum Gasteiger partial charge on any atom is 0.0343 e. The van der Waals surface area contributed by atoms with Crippen molar-refractivity contribution in [3.8, 4) is 0 Å². The number of rotatable bonds is 3. The molecule has 1 atom stereocenters. The van der Waals surface area contributed by atoms with E-state index in [9.17, 15) is 0 Å². The fourth-order valence-electron chi connectivity index (χ4n) is 1.52. The summed E-state index contributed by atoms with van der Waals surface area (Å²) in [5.74, 6) is 0.906. The van der Waals surface area contributed by atoms with E-state index in [2.05, 4.69) is 52.4 Å². The third-order valence-corrected chi connectivity index (χ3v) is 3.10. The molecule has 70 valence electrons. The van der Waals surface area contributed by atoms with Crippen LogP contribution in [-0.4, -0.2) is 6.04 Å². The standard InChI is InChI=1S/C11H14BrN/c1-8(9-2-3-9)13-11-6-4-10(12)5-7-11/h4-9,13H,2-3H2,1H3.